The molecule has 0 spiro atoms. The van der Waals surface area contributed by atoms with Gasteiger partial charge in [-0.25, -0.2) is 0 Å². The monoisotopic (exact) mass is 1120 g/mol. The van der Waals surface area contributed by atoms with Gasteiger partial charge in [0.1, 0.15) is 56.4 Å². The van der Waals surface area contributed by atoms with Crippen molar-refractivity contribution >= 4 is 53.7 Å². The molecule has 0 radical (unpaired) electrons. The summed E-state index contributed by atoms with van der Waals surface area (Å²) < 4.78 is 85.3. The third-order valence-corrected chi connectivity index (χ3v) is 11.8. The van der Waals surface area contributed by atoms with E-state index in [1.165, 1.54) is 83.1 Å². The fraction of sp³-hybridized carbons (Fsp3) is 0.833. The number of rotatable bonds is 16. The number of aliphatic hydroxyl groups is 1. The van der Waals surface area contributed by atoms with Crippen LogP contribution in [0.15, 0.2) is 0 Å². The molecule has 78 heavy (non-hydrogen) atoms. The third kappa shape index (κ3) is 19.4. The maximum absolute atomic E-state index is 14.4. The van der Waals surface area contributed by atoms with Gasteiger partial charge in [0.15, 0.2) is 49.4 Å². The maximum Gasteiger partial charge on any atom is 0.311 e. The quantitative estimate of drug-likeness (QED) is 0.161. The van der Waals surface area contributed by atoms with Crippen LogP contribution in [0.3, 0.4) is 0 Å². The standard InChI is InChI=1S/C54H86O24/c1-26(55)65-23-31-29(68-27(2)56)22-30(69-28(3)57)41(71-31)74-37-35(75-45(61)51(10,11)12)33(25-67-44(60)50(7,8)9)72-42(39(37)78-48(64)54(19,20)21)73-34-32(24-66-43(59)49(4,5)6)70-40(58)38(77-47(63)53(16,17)18)36(34)76-46(62)52(13,14)15/h29-42,58H,22-25H2,1-21H3/t29-,30-,31-,32-,33-,34-,35+,36+,37+,38-,39-,40+,41-,42+/m1/s1. The zero-order valence-electron chi connectivity index (χ0n) is 49.2. The van der Waals surface area contributed by atoms with Gasteiger partial charge in [0.25, 0.3) is 0 Å². The van der Waals surface area contributed by atoms with Crippen LogP contribution in [0.2, 0.25) is 0 Å². The van der Waals surface area contributed by atoms with Crippen LogP contribution < -0.4 is 0 Å². The molecule has 0 unspecified atom stereocenters. The van der Waals surface area contributed by atoms with Gasteiger partial charge in [0.2, 0.25) is 0 Å². The normalized spacial score (nSPS) is 29.2. The average molecular weight is 1120 g/mol. The van der Waals surface area contributed by atoms with E-state index in [0.717, 1.165) is 20.8 Å². The van der Waals surface area contributed by atoms with Gasteiger partial charge in [-0.2, -0.15) is 0 Å². The van der Waals surface area contributed by atoms with Crippen LogP contribution in [0.4, 0.5) is 0 Å². The number of hydrogen-bond donors (Lipinski definition) is 1. The van der Waals surface area contributed by atoms with Crippen LogP contribution in [0.1, 0.15) is 152 Å². The molecule has 0 aromatic rings. The molecular weight excluding hydrogens is 1030 g/mol. The fourth-order valence-electron chi connectivity index (χ4n) is 7.22. The van der Waals surface area contributed by atoms with Gasteiger partial charge in [-0.1, -0.05) is 0 Å². The summed E-state index contributed by atoms with van der Waals surface area (Å²) in [6.45, 7) is 29.1. The topological polar surface area (TPSA) is 303 Å². The number of ether oxygens (including phenoxy) is 14. The summed E-state index contributed by atoms with van der Waals surface area (Å²) >= 11 is 0. The van der Waals surface area contributed by atoms with Gasteiger partial charge in [-0.05, 0) is 125 Å². The maximum atomic E-state index is 14.4. The van der Waals surface area contributed by atoms with E-state index < -0.39 is 192 Å². The molecule has 14 atom stereocenters. The van der Waals surface area contributed by atoms with E-state index in [1.54, 1.807) is 41.5 Å². The Morgan fingerprint density at radius 1 is 0.359 bits per heavy atom. The molecule has 0 saturated carbocycles. The van der Waals surface area contributed by atoms with E-state index in [-0.39, 0.29) is 6.42 Å². The highest BCUT2D eigenvalue weighted by molar-refractivity contribution is 5.78. The molecule has 446 valence electrons. The zero-order chi connectivity index (χ0) is 60.0. The van der Waals surface area contributed by atoms with Crippen molar-refractivity contribution < 1.29 is 115 Å². The van der Waals surface area contributed by atoms with Gasteiger partial charge in [0.05, 0.1) is 32.5 Å². The minimum absolute atomic E-state index is 0.337. The Labute approximate surface area is 457 Å². The van der Waals surface area contributed by atoms with Crippen molar-refractivity contribution in [2.75, 3.05) is 19.8 Å². The lowest BCUT2D eigenvalue weighted by atomic mass is 9.92. The minimum atomic E-state index is -2.08. The van der Waals surface area contributed by atoms with Crippen LogP contribution in [0.25, 0.3) is 0 Å². The molecule has 0 aliphatic carbocycles. The van der Waals surface area contributed by atoms with Crippen LogP contribution in [-0.2, 0) is 109 Å². The molecule has 0 amide bonds. The Morgan fingerprint density at radius 3 is 1.12 bits per heavy atom. The van der Waals surface area contributed by atoms with Crippen molar-refractivity contribution in [2.45, 2.75) is 238 Å². The van der Waals surface area contributed by atoms with Crippen LogP contribution in [0, 0.1) is 32.5 Å². The molecule has 3 rings (SSSR count). The predicted octanol–water partition coefficient (Wildman–Crippen LogP) is 4.75. The summed E-state index contributed by atoms with van der Waals surface area (Å²) in [5, 5.41) is 11.7. The molecule has 3 fully saturated rings. The van der Waals surface area contributed by atoms with Crippen molar-refractivity contribution in [2.24, 2.45) is 32.5 Å². The number of carbonyl (C=O) groups is 9. The highest BCUT2D eigenvalue weighted by atomic mass is 16.8. The smallest absolute Gasteiger partial charge is 0.311 e. The van der Waals surface area contributed by atoms with Gasteiger partial charge in [0, 0.05) is 27.2 Å². The molecule has 3 aliphatic rings. The molecule has 3 heterocycles. The van der Waals surface area contributed by atoms with Crippen LogP contribution in [-0.4, -0.2) is 165 Å². The van der Waals surface area contributed by atoms with Crippen molar-refractivity contribution in [1.82, 2.24) is 0 Å². The second kappa shape index (κ2) is 26.1. The minimum Gasteiger partial charge on any atom is -0.463 e. The van der Waals surface area contributed by atoms with Crippen LogP contribution in [0.5, 0.6) is 0 Å². The SMILES string of the molecule is CC(=O)OC[C@H]1O[C@H](O[C@H]2[C@@H](OC(=O)C(C)(C)C)[C@@H](COC(=O)C(C)(C)C)O[C@@H](O[C@H]3[C@H](OC(=O)C(C)(C)C)[C@@H](OC(=O)C(C)(C)C)[C@@H](O)O[C@@H]3COC(=O)C(C)(C)C)[C@@H]2OC(=O)C(C)(C)C)[C@H](OC(C)=O)C[C@H]1OC(C)=O. The zero-order valence-corrected chi connectivity index (χ0v) is 49.2. The molecule has 0 aromatic heterocycles. The first-order valence-corrected chi connectivity index (χ1v) is 25.9. The number of aliphatic hydroxyl groups excluding tert-OH is 1. The van der Waals surface area contributed by atoms with Crippen molar-refractivity contribution in [3.05, 3.63) is 0 Å². The van der Waals surface area contributed by atoms with Gasteiger partial charge in [-0.3, -0.25) is 43.2 Å². The molecule has 3 aliphatic heterocycles. The Balaban J connectivity index is 2.54. The Morgan fingerprint density at radius 2 is 0.705 bits per heavy atom. The summed E-state index contributed by atoms with van der Waals surface area (Å²) in [4.78, 5) is 121. The lowest BCUT2D eigenvalue weighted by Crippen LogP contribution is -2.68. The van der Waals surface area contributed by atoms with E-state index >= 15 is 0 Å². The summed E-state index contributed by atoms with van der Waals surface area (Å²) in [5.41, 5.74) is -7.29. The van der Waals surface area contributed by atoms with Gasteiger partial charge >= 0.3 is 53.7 Å². The van der Waals surface area contributed by atoms with E-state index in [9.17, 15) is 48.3 Å². The van der Waals surface area contributed by atoms with E-state index in [4.69, 9.17) is 66.3 Å². The fourth-order valence-corrected chi connectivity index (χ4v) is 7.22. The molecule has 1 N–H and O–H groups in total. The number of esters is 9. The Bertz CT molecular complexity index is 2150. The highest BCUT2D eigenvalue weighted by Crippen LogP contribution is 2.40. The summed E-state index contributed by atoms with van der Waals surface area (Å²) in [6, 6.07) is 0. The molecule has 3 saturated heterocycles. The number of hydrogen-bond acceptors (Lipinski definition) is 24. The largest absolute Gasteiger partial charge is 0.463 e. The average Bonchev–Trinajstić information content (AvgIpc) is 3.26. The van der Waals surface area contributed by atoms with Crippen LogP contribution >= 0.6 is 0 Å². The van der Waals surface area contributed by atoms with Crippen molar-refractivity contribution in [3.8, 4) is 0 Å². The molecule has 24 nitrogen and oxygen atoms in total. The first-order valence-electron chi connectivity index (χ1n) is 25.9. The Hall–Kier alpha value is -5.01. The number of carbonyl (C=O) groups excluding carboxylic acids is 9. The predicted molar refractivity (Wildman–Crippen MR) is 268 cm³/mol. The molecule has 0 aromatic carbocycles. The summed E-state index contributed by atoms with van der Waals surface area (Å²) in [5.74, 6) is -7.49. The second-order valence-corrected chi connectivity index (χ2v) is 25.9. The highest BCUT2D eigenvalue weighted by Gasteiger charge is 2.60. The van der Waals surface area contributed by atoms with Gasteiger partial charge < -0.3 is 71.4 Å². The first-order chi connectivity index (χ1) is 35.3. The first kappa shape index (κ1) is 67.3. The van der Waals surface area contributed by atoms with Crippen molar-refractivity contribution in [1.29, 1.82) is 0 Å². The Kier molecular flexibility index (Phi) is 22.5. The van der Waals surface area contributed by atoms with E-state index in [0.29, 0.717) is 0 Å². The third-order valence-electron chi connectivity index (χ3n) is 11.8. The second-order valence-electron chi connectivity index (χ2n) is 25.9. The molecular formula is C54H86O24. The molecule has 24 heteroatoms. The lowest BCUT2D eigenvalue weighted by molar-refractivity contribution is -0.376. The summed E-state index contributed by atoms with van der Waals surface area (Å²) in [7, 11) is 0. The summed E-state index contributed by atoms with van der Waals surface area (Å²) in [6.07, 6.45) is -24.8. The van der Waals surface area contributed by atoms with Gasteiger partial charge in [-0.15, -0.1) is 0 Å². The van der Waals surface area contributed by atoms with Crippen molar-refractivity contribution in [3.63, 3.8) is 0 Å². The van der Waals surface area contributed by atoms with E-state index in [2.05, 4.69) is 0 Å². The lowest BCUT2D eigenvalue weighted by Gasteiger charge is -2.50. The molecule has 0 bridgehead atoms. The van der Waals surface area contributed by atoms with E-state index in [1.807, 2.05) is 0 Å².